The molecule has 2 aliphatic heterocycles. The molecule has 0 aromatic rings. The summed E-state index contributed by atoms with van der Waals surface area (Å²) in [6.07, 6.45) is 9.63. The zero-order valence-corrected chi connectivity index (χ0v) is 14.7. The molecule has 5 heteroatoms. The number of hydrogen-bond donors (Lipinski definition) is 0. The highest BCUT2D eigenvalue weighted by Crippen LogP contribution is 2.21. The molecule has 0 saturated carbocycles. The summed E-state index contributed by atoms with van der Waals surface area (Å²) in [5.41, 5.74) is 0. The van der Waals surface area contributed by atoms with E-state index in [-0.39, 0.29) is 12.0 Å². The van der Waals surface area contributed by atoms with Crippen molar-refractivity contribution in [3.63, 3.8) is 0 Å². The SMILES string of the molecule is C#CCN1CCC(C(=O)N(CCN(C)C)CC2CCCO2)CC1. The normalized spacial score (nSPS) is 23.1. The molecule has 0 aromatic carbocycles. The molecule has 2 rings (SSSR count). The number of piperidine rings is 1. The van der Waals surface area contributed by atoms with Crippen molar-refractivity contribution in [1.29, 1.82) is 0 Å². The Hall–Kier alpha value is -1.09. The summed E-state index contributed by atoms with van der Waals surface area (Å²) in [4.78, 5) is 19.4. The highest BCUT2D eigenvalue weighted by molar-refractivity contribution is 5.79. The van der Waals surface area contributed by atoms with Crippen LogP contribution in [-0.2, 0) is 9.53 Å². The van der Waals surface area contributed by atoms with Crippen LogP contribution in [0.3, 0.4) is 0 Å². The number of carbonyl (C=O) groups is 1. The van der Waals surface area contributed by atoms with Gasteiger partial charge >= 0.3 is 0 Å². The first-order valence-electron chi connectivity index (χ1n) is 8.81. The van der Waals surface area contributed by atoms with Gasteiger partial charge in [-0.2, -0.15) is 0 Å². The topological polar surface area (TPSA) is 36.0 Å². The number of hydrogen-bond acceptors (Lipinski definition) is 4. The van der Waals surface area contributed by atoms with Gasteiger partial charge in [-0.1, -0.05) is 5.92 Å². The van der Waals surface area contributed by atoms with Gasteiger partial charge in [-0.15, -0.1) is 6.42 Å². The maximum Gasteiger partial charge on any atom is 0.225 e. The summed E-state index contributed by atoms with van der Waals surface area (Å²) >= 11 is 0. The Balaban J connectivity index is 1.88. The van der Waals surface area contributed by atoms with Crippen molar-refractivity contribution in [3.8, 4) is 12.3 Å². The van der Waals surface area contributed by atoms with Gasteiger partial charge in [-0.05, 0) is 52.9 Å². The summed E-state index contributed by atoms with van der Waals surface area (Å²) in [5, 5.41) is 0. The van der Waals surface area contributed by atoms with Crippen molar-refractivity contribution in [1.82, 2.24) is 14.7 Å². The second-order valence-corrected chi connectivity index (χ2v) is 6.98. The Morgan fingerprint density at radius 1 is 1.26 bits per heavy atom. The molecule has 2 saturated heterocycles. The molecule has 23 heavy (non-hydrogen) atoms. The van der Waals surface area contributed by atoms with E-state index in [0.29, 0.717) is 12.5 Å². The molecule has 0 aromatic heterocycles. The van der Waals surface area contributed by atoms with E-state index in [9.17, 15) is 4.79 Å². The highest BCUT2D eigenvalue weighted by atomic mass is 16.5. The first-order valence-corrected chi connectivity index (χ1v) is 8.81. The van der Waals surface area contributed by atoms with E-state index in [0.717, 1.165) is 65.0 Å². The molecule has 2 fully saturated rings. The predicted octanol–water partition coefficient (Wildman–Crippen LogP) is 0.901. The van der Waals surface area contributed by atoms with Crippen molar-refractivity contribution in [2.75, 3.05) is 60.0 Å². The smallest absolute Gasteiger partial charge is 0.225 e. The van der Waals surface area contributed by atoms with Gasteiger partial charge in [0, 0.05) is 32.2 Å². The Labute approximate surface area is 140 Å². The van der Waals surface area contributed by atoms with Crippen molar-refractivity contribution in [2.45, 2.75) is 31.8 Å². The van der Waals surface area contributed by atoms with Gasteiger partial charge in [0.1, 0.15) is 0 Å². The average Bonchev–Trinajstić information content (AvgIpc) is 3.05. The van der Waals surface area contributed by atoms with E-state index >= 15 is 0 Å². The maximum absolute atomic E-state index is 13.0. The standard InChI is InChI=1S/C18H31N3O2/c1-4-9-20-10-7-16(8-11-20)18(22)21(13-12-19(2)3)15-17-6-5-14-23-17/h1,16-17H,5-15H2,2-3H3. The Kier molecular flexibility index (Phi) is 7.35. The van der Waals surface area contributed by atoms with Crippen LogP contribution in [0.15, 0.2) is 0 Å². The monoisotopic (exact) mass is 321 g/mol. The van der Waals surface area contributed by atoms with Gasteiger partial charge in [0.15, 0.2) is 0 Å². The first-order chi connectivity index (χ1) is 11.1. The van der Waals surface area contributed by atoms with E-state index in [2.05, 4.69) is 15.7 Å². The minimum atomic E-state index is 0.146. The largest absolute Gasteiger partial charge is 0.376 e. The molecule has 1 atom stereocenters. The fraction of sp³-hybridized carbons (Fsp3) is 0.833. The van der Waals surface area contributed by atoms with Crippen LogP contribution in [-0.4, -0.2) is 86.7 Å². The number of ether oxygens (including phenoxy) is 1. The van der Waals surface area contributed by atoms with Crippen molar-refractivity contribution < 1.29 is 9.53 Å². The van der Waals surface area contributed by atoms with E-state index < -0.39 is 0 Å². The number of rotatable bonds is 7. The number of nitrogens with zero attached hydrogens (tertiary/aromatic N) is 3. The first kappa shape index (κ1) is 18.3. The van der Waals surface area contributed by atoms with Crippen LogP contribution < -0.4 is 0 Å². The molecule has 1 amide bonds. The van der Waals surface area contributed by atoms with Crippen LogP contribution in [0.25, 0.3) is 0 Å². The molecule has 5 nitrogen and oxygen atoms in total. The molecule has 0 bridgehead atoms. The molecule has 2 heterocycles. The van der Waals surface area contributed by atoms with Gasteiger partial charge in [0.2, 0.25) is 5.91 Å². The van der Waals surface area contributed by atoms with Crippen LogP contribution in [0.2, 0.25) is 0 Å². The number of carbonyl (C=O) groups excluding carboxylic acids is 1. The van der Waals surface area contributed by atoms with Crippen LogP contribution in [0.5, 0.6) is 0 Å². The van der Waals surface area contributed by atoms with Gasteiger partial charge < -0.3 is 14.5 Å². The second kappa shape index (κ2) is 9.27. The molecule has 2 aliphatic rings. The van der Waals surface area contributed by atoms with E-state index in [1.54, 1.807) is 0 Å². The van der Waals surface area contributed by atoms with Gasteiger partial charge in [0.25, 0.3) is 0 Å². The lowest BCUT2D eigenvalue weighted by molar-refractivity contribution is -0.138. The summed E-state index contributed by atoms with van der Waals surface area (Å²) in [6.45, 7) is 5.83. The van der Waals surface area contributed by atoms with Crippen LogP contribution in [0.4, 0.5) is 0 Å². The zero-order valence-electron chi connectivity index (χ0n) is 14.7. The molecule has 0 N–H and O–H groups in total. The fourth-order valence-electron chi connectivity index (χ4n) is 3.37. The third-order valence-corrected chi connectivity index (χ3v) is 4.83. The molecular weight excluding hydrogens is 290 g/mol. The summed E-state index contributed by atoms with van der Waals surface area (Å²) in [6, 6.07) is 0. The fourth-order valence-corrected chi connectivity index (χ4v) is 3.37. The van der Waals surface area contributed by atoms with Crippen molar-refractivity contribution in [3.05, 3.63) is 0 Å². The maximum atomic E-state index is 13.0. The number of amides is 1. The lowest BCUT2D eigenvalue weighted by Gasteiger charge is -2.34. The third kappa shape index (κ3) is 5.80. The number of terminal acetylenes is 1. The van der Waals surface area contributed by atoms with Crippen molar-refractivity contribution >= 4 is 5.91 Å². The number of likely N-dealkylation sites (N-methyl/N-ethyl adjacent to an activating group) is 1. The second-order valence-electron chi connectivity index (χ2n) is 6.98. The van der Waals surface area contributed by atoms with Crippen LogP contribution in [0, 0.1) is 18.3 Å². The molecule has 1 unspecified atom stereocenters. The van der Waals surface area contributed by atoms with E-state index in [1.807, 2.05) is 19.0 Å². The summed E-state index contributed by atoms with van der Waals surface area (Å²) in [7, 11) is 4.10. The Morgan fingerprint density at radius 3 is 2.57 bits per heavy atom. The molecule has 0 spiro atoms. The van der Waals surface area contributed by atoms with Gasteiger partial charge in [-0.25, -0.2) is 0 Å². The zero-order chi connectivity index (χ0) is 16.7. The summed E-state index contributed by atoms with van der Waals surface area (Å²) in [5.74, 6) is 3.15. The minimum absolute atomic E-state index is 0.146. The average molecular weight is 321 g/mol. The minimum Gasteiger partial charge on any atom is -0.376 e. The predicted molar refractivity (Wildman–Crippen MR) is 92.1 cm³/mol. The quantitative estimate of drug-likeness (QED) is 0.653. The number of likely N-dealkylation sites (tertiary alicyclic amines) is 1. The van der Waals surface area contributed by atoms with Gasteiger partial charge in [-0.3, -0.25) is 9.69 Å². The molecule has 0 radical (unpaired) electrons. The van der Waals surface area contributed by atoms with E-state index in [1.165, 1.54) is 0 Å². The lowest BCUT2D eigenvalue weighted by Crippen LogP contribution is -2.47. The highest BCUT2D eigenvalue weighted by Gasteiger charge is 2.30. The molecule has 130 valence electrons. The lowest BCUT2D eigenvalue weighted by atomic mass is 9.95. The van der Waals surface area contributed by atoms with Crippen LogP contribution >= 0.6 is 0 Å². The molecule has 0 aliphatic carbocycles. The third-order valence-electron chi connectivity index (χ3n) is 4.83. The Morgan fingerprint density at radius 2 is 2.00 bits per heavy atom. The summed E-state index contributed by atoms with van der Waals surface area (Å²) < 4.78 is 5.74. The Bertz CT molecular complexity index is 405. The van der Waals surface area contributed by atoms with E-state index in [4.69, 9.17) is 11.2 Å². The van der Waals surface area contributed by atoms with Crippen LogP contribution in [0.1, 0.15) is 25.7 Å². The van der Waals surface area contributed by atoms with Crippen molar-refractivity contribution in [2.24, 2.45) is 5.92 Å². The van der Waals surface area contributed by atoms with Gasteiger partial charge in [0.05, 0.1) is 12.6 Å². The molecular formula is C18H31N3O2.